The van der Waals surface area contributed by atoms with E-state index in [-0.39, 0.29) is 30.2 Å². The van der Waals surface area contributed by atoms with Crippen LogP contribution in [0.4, 0.5) is 8.78 Å². The van der Waals surface area contributed by atoms with Crippen molar-refractivity contribution >= 4 is 5.91 Å². The number of amides is 1. The van der Waals surface area contributed by atoms with Crippen LogP contribution in [0.1, 0.15) is 56.1 Å². The molecule has 4 aromatic rings. The summed E-state index contributed by atoms with van der Waals surface area (Å²) < 4.78 is 32.7. The molecule has 4 rings (SSSR count). The zero-order valence-corrected chi connectivity index (χ0v) is 24.6. The summed E-state index contributed by atoms with van der Waals surface area (Å²) >= 11 is 0. The zero-order valence-electron chi connectivity index (χ0n) is 24.6. The fourth-order valence-corrected chi connectivity index (χ4v) is 5.22. The molecule has 12 nitrogen and oxygen atoms in total. The van der Waals surface area contributed by atoms with Crippen molar-refractivity contribution in [2.45, 2.75) is 70.2 Å². The Hall–Kier alpha value is -4.27. The molecule has 0 saturated carbocycles. The van der Waals surface area contributed by atoms with Crippen LogP contribution in [-0.4, -0.2) is 63.8 Å². The van der Waals surface area contributed by atoms with Crippen LogP contribution < -0.4 is 11.2 Å². The maximum absolute atomic E-state index is 14.8. The van der Waals surface area contributed by atoms with Gasteiger partial charge in [-0.25, -0.2) is 38.0 Å². The molecule has 2 aromatic carbocycles. The number of carbonyl (C=O) groups excluding carboxylic acids is 1. The first-order valence-electron chi connectivity index (χ1n) is 14.5. The normalized spacial score (nSPS) is 12.9. The van der Waals surface area contributed by atoms with Crippen molar-refractivity contribution in [3.63, 3.8) is 0 Å². The van der Waals surface area contributed by atoms with Crippen LogP contribution in [0.25, 0.3) is 5.69 Å². The lowest BCUT2D eigenvalue weighted by molar-refractivity contribution is -0.129. The number of hydroxylamine groups is 1. The number of unbranched alkanes of at least 4 members (excludes halogenated alkanes) is 5. The second-order valence-corrected chi connectivity index (χ2v) is 11.0. The predicted molar refractivity (Wildman–Crippen MR) is 157 cm³/mol. The quantitative estimate of drug-likeness (QED) is 0.0938. The van der Waals surface area contributed by atoms with E-state index in [1.165, 1.54) is 39.0 Å². The second kappa shape index (κ2) is 15.5. The van der Waals surface area contributed by atoms with Crippen molar-refractivity contribution in [1.82, 2.24) is 39.5 Å². The number of nitrogens with one attached hydrogen (secondary N) is 1. The molecule has 44 heavy (non-hydrogen) atoms. The molecule has 1 amide bonds. The van der Waals surface area contributed by atoms with Gasteiger partial charge < -0.3 is 5.11 Å². The molecule has 0 aliphatic carbocycles. The third-order valence-corrected chi connectivity index (χ3v) is 7.40. The number of carbonyl (C=O) groups is 1. The van der Waals surface area contributed by atoms with Crippen LogP contribution in [0.5, 0.6) is 0 Å². The zero-order chi connectivity index (χ0) is 31.5. The van der Waals surface area contributed by atoms with E-state index >= 15 is 0 Å². The maximum atomic E-state index is 14.8. The summed E-state index contributed by atoms with van der Waals surface area (Å²) in [6, 6.07) is 10.5. The summed E-state index contributed by atoms with van der Waals surface area (Å²) in [5.41, 5.74) is 1.20. The molecule has 236 valence electrons. The van der Waals surface area contributed by atoms with Gasteiger partial charge in [-0.2, -0.15) is 10.2 Å². The van der Waals surface area contributed by atoms with Crippen LogP contribution in [0.3, 0.4) is 0 Å². The Morgan fingerprint density at radius 2 is 1.73 bits per heavy atom. The first-order chi connectivity index (χ1) is 21.2. The number of benzene rings is 2. The molecule has 0 radical (unpaired) electrons. The first kappa shape index (κ1) is 32.6. The highest BCUT2D eigenvalue weighted by Gasteiger charge is 2.35. The molecule has 0 bridgehead atoms. The Bertz CT molecular complexity index is 1540. The van der Waals surface area contributed by atoms with Crippen molar-refractivity contribution in [2.24, 2.45) is 0 Å². The molecule has 0 spiro atoms. The van der Waals surface area contributed by atoms with Crippen LogP contribution >= 0.6 is 0 Å². The largest absolute Gasteiger partial charge is 0.382 e. The lowest BCUT2D eigenvalue weighted by atomic mass is 9.92. The molecule has 0 fully saturated rings. The van der Waals surface area contributed by atoms with Crippen LogP contribution in [0, 0.1) is 11.6 Å². The number of hydrogen-bond acceptors (Lipinski definition) is 8. The Morgan fingerprint density at radius 1 is 1.00 bits per heavy atom. The number of aryl methyl sites for hydroxylation is 1. The summed E-state index contributed by atoms with van der Waals surface area (Å²) in [4.78, 5) is 29.6. The van der Waals surface area contributed by atoms with Gasteiger partial charge in [-0.3, -0.25) is 14.9 Å². The molecule has 14 heteroatoms. The molecule has 0 aliphatic heterocycles. The van der Waals surface area contributed by atoms with Crippen molar-refractivity contribution in [3.05, 3.63) is 94.7 Å². The minimum absolute atomic E-state index is 0.0181. The highest BCUT2D eigenvalue weighted by molar-refractivity contribution is 5.74. The number of nitrogens with zero attached hydrogens (tertiary/aromatic N) is 7. The molecule has 3 N–H and O–H groups in total. The highest BCUT2D eigenvalue weighted by atomic mass is 19.1. The van der Waals surface area contributed by atoms with Gasteiger partial charge in [-0.15, -0.1) is 0 Å². The van der Waals surface area contributed by atoms with Crippen molar-refractivity contribution in [1.29, 1.82) is 0 Å². The van der Waals surface area contributed by atoms with Crippen LogP contribution in [0.15, 0.2) is 66.2 Å². The van der Waals surface area contributed by atoms with E-state index in [1.54, 1.807) is 12.5 Å². The Balaban J connectivity index is 1.31. The fraction of sp³-hybridized carbons (Fsp3) is 0.433. The average Bonchev–Trinajstić information content (AvgIpc) is 3.63. The van der Waals surface area contributed by atoms with Gasteiger partial charge in [-0.05, 0) is 43.7 Å². The van der Waals surface area contributed by atoms with Gasteiger partial charge in [0.05, 0.1) is 12.2 Å². The van der Waals surface area contributed by atoms with Gasteiger partial charge in [-0.1, -0.05) is 43.9 Å². The minimum atomic E-state index is -1.72. The first-order valence-corrected chi connectivity index (χ1v) is 14.5. The molecule has 0 aliphatic rings. The monoisotopic (exact) mass is 612 g/mol. The number of rotatable bonds is 17. The highest BCUT2D eigenvalue weighted by Crippen LogP contribution is 2.28. The maximum Gasteiger partial charge on any atom is 0.350 e. The van der Waals surface area contributed by atoms with Gasteiger partial charge in [0.2, 0.25) is 5.91 Å². The van der Waals surface area contributed by atoms with Gasteiger partial charge in [0, 0.05) is 37.7 Å². The van der Waals surface area contributed by atoms with Crippen LogP contribution in [-0.2, 0) is 30.0 Å². The Kier molecular flexibility index (Phi) is 11.5. The number of halogens is 2. The smallest absolute Gasteiger partial charge is 0.350 e. The summed E-state index contributed by atoms with van der Waals surface area (Å²) in [7, 11) is 1.78. The van der Waals surface area contributed by atoms with E-state index in [0.717, 1.165) is 56.2 Å². The van der Waals surface area contributed by atoms with Gasteiger partial charge in [0.15, 0.2) is 0 Å². The minimum Gasteiger partial charge on any atom is -0.382 e. The molecule has 0 saturated heterocycles. The Morgan fingerprint density at radius 3 is 2.41 bits per heavy atom. The SMILES string of the molecule is CN(Cc1ccc(-n2cnn(CCCCCCCCC(=O)NO)c2=O)cc1)CC(O)(Cn1cncn1)c1ccc(F)cc1F. The fourth-order valence-electron chi connectivity index (χ4n) is 5.22. The molecule has 1 atom stereocenters. The molecule has 2 aromatic heterocycles. The van der Waals surface area contributed by atoms with E-state index < -0.39 is 17.2 Å². The van der Waals surface area contributed by atoms with E-state index in [0.29, 0.717) is 25.2 Å². The van der Waals surface area contributed by atoms with E-state index in [2.05, 4.69) is 15.2 Å². The summed E-state index contributed by atoms with van der Waals surface area (Å²) in [5, 5.41) is 28.4. The molecule has 1 unspecified atom stereocenters. The summed E-state index contributed by atoms with van der Waals surface area (Å²) in [5.74, 6) is -1.95. The Labute approximate surface area is 253 Å². The van der Waals surface area contributed by atoms with Gasteiger partial charge >= 0.3 is 5.69 Å². The third-order valence-electron chi connectivity index (χ3n) is 7.40. The van der Waals surface area contributed by atoms with Crippen LogP contribution in [0.2, 0.25) is 0 Å². The number of hydrogen-bond donors (Lipinski definition) is 3. The van der Waals surface area contributed by atoms with Gasteiger partial charge in [0.1, 0.15) is 36.2 Å². The third kappa shape index (κ3) is 8.88. The average molecular weight is 613 g/mol. The van der Waals surface area contributed by atoms with E-state index in [4.69, 9.17) is 5.21 Å². The van der Waals surface area contributed by atoms with Crippen molar-refractivity contribution < 1.29 is 23.9 Å². The topological polar surface area (TPSA) is 143 Å². The standard InChI is InChI=1S/C30H38F2N8O4/c1-37(18-30(43,19-38-21-33-20-34-38)26-14-11-24(31)16-27(26)32)17-23-9-12-25(13-10-23)39-22-35-40(29(39)42)15-7-5-3-2-4-6-8-28(41)36-44/h9-14,16,20-22,43-44H,2-8,15,17-19H2,1H3,(H,36,41). The van der Waals surface area contributed by atoms with Crippen molar-refractivity contribution in [3.8, 4) is 5.69 Å². The second-order valence-electron chi connectivity index (χ2n) is 11.0. The molecular formula is C30H38F2N8O4. The molecule has 2 heterocycles. The summed E-state index contributed by atoms with van der Waals surface area (Å²) in [6.07, 6.45) is 9.90. The van der Waals surface area contributed by atoms with Crippen molar-refractivity contribution in [2.75, 3.05) is 13.6 Å². The number of aromatic nitrogens is 6. The lowest BCUT2D eigenvalue weighted by Crippen LogP contribution is -2.43. The number of aliphatic hydroxyl groups is 1. The lowest BCUT2D eigenvalue weighted by Gasteiger charge is -2.33. The van der Waals surface area contributed by atoms with E-state index in [1.807, 2.05) is 29.2 Å². The van der Waals surface area contributed by atoms with E-state index in [9.17, 15) is 23.5 Å². The summed E-state index contributed by atoms with van der Waals surface area (Å²) in [6.45, 7) is 0.848. The van der Waals surface area contributed by atoms with Gasteiger partial charge in [0.25, 0.3) is 0 Å². The number of likely N-dealkylation sites (N-methyl/N-ethyl adjacent to an activating group) is 1. The predicted octanol–water partition coefficient (Wildman–Crippen LogP) is 3.16. The molecular weight excluding hydrogens is 574 g/mol.